The van der Waals surface area contributed by atoms with E-state index in [0.29, 0.717) is 10.9 Å². The van der Waals surface area contributed by atoms with Gasteiger partial charge in [0.05, 0.1) is 31.8 Å². The number of quaternary nitrogens is 1. The molecule has 0 spiro atoms. The van der Waals surface area contributed by atoms with Crippen LogP contribution in [-0.2, 0) is 18.9 Å². The molecular formula is C16H32NO6+. The molecule has 0 aliphatic heterocycles. The number of carbonyl (C=O) groups is 2. The molecule has 0 heterocycles. The van der Waals surface area contributed by atoms with E-state index in [4.69, 9.17) is 18.9 Å². The highest BCUT2D eigenvalue weighted by Crippen LogP contribution is 2.10. The summed E-state index contributed by atoms with van der Waals surface area (Å²) in [6, 6.07) is 0. The van der Waals surface area contributed by atoms with Crippen molar-refractivity contribution in [1.82, 2.24) is 0 Å². The molecule has 7 nitrogen and oxygen atoms in total. The second-order valence-electron chi connectivity index (χ2n) is 6.01. The Labute approximate surface area is 139 Å². The molecule has 0 saturated heterocycles. The quantitative estimate of drug-likeness (QED) is 0.264. The molecule has 0 bridgehead atoms. The van der Waals surface area contributed by atoms with Gasteiger partial charge in [-0.2, -0.15) is 0 Å². The maximum absolute atomic E-state index is 11.5. The lowest BCUT2D eigenvalue weighted by molar-refractivity contribution is -0.940. The summed E-state index contributed by atoms with van der Waals surface area (Å²) in [7, 11) is 0. The standard InChI is InChI=1S/C16H32NO6/c1-7-17(8-2,12-21-16(19)23-14(5)6)10-9-11-20-15(18)22-13(3)4/h13-14H,7-12H2,1-6H3/q+1. The molecule has 0 rings (SSSR count). The summed E-state index contributed by atoms with van der Waals surface area (Å²) in [5, 5.41) is 0. The van der Waals surface area contributed by atoms with E-state index in [1.165, 1.54) is 0 Å². The van der Waals surface area contributed by atoms with Crippen LogP contribution in [0.3, 0.4) is 0 Å². The van der Waals surface area contributed by atoms with Gasteiger partial charge in [-0.1, -0.05) is 0 Å². The van der Waals surface area contributed by atoms with Gasteiger partial charge in [-0.15, -0.1) is 0 Å². The maximum Gasteiger partial charge on any atom is 0.512 e. The normalized spacial score (nSPS) is 11.5. The zero-order valence-corrected chi connectivity index (χ0v) is 15.3. The lowest BCUT2D eigenvalue weighted by Gasteiger charge is -2.35. The van der Waals surface area contributed by atoms with E-state index in [1.807, 2.05) is 13.8 Å². The van der Waals surface area contributed by atoms with Crippen LogP contribution in [0.15, 0.2) is 0 Å². The summed E-state index contributed by atoms with van der Waals surface area (Å²) in [5.41, 5.74) is 0. The molecule has 0 unspecified atom stereocenters. The Morgan fingerprint density at radius 1 is 0.870 bits per heavy atom. The monoisotopic (exact) mass is 334 g/mol. The summed E-state index contributed by atoms with van der Waals surface area (Å²) in [5.74, 6) is 0. The topological polar surface area (TPSA) is 71.1 Å². The van der Waals surface area contributed by atoms with Gasteiger partial charge in [-0.25, -0.2) is 9.59 Å². The largest absolute Gasteiger partial charge is 0.512 e. The van der Waals surface area contributed by atoms with Gasteiger partial charge < -0.3 is 18.9 Å². The Morgan fingerprint density at radius 2 is 1.35 bits per heavy atom. The van der Waals surface area contributed by atoms with E-state index in [1.54, 1.807) is 27.7 Å². The minimum atomic E-state index is -0.652. The molecule has 0 amide bonds. The highest BCUT2D eigenvalue weighted by atomic mass is 16.7. The number of nitrogens with zero attached hydrogens (tertiary/aromatic N) is 1. The molecule has 136 valence electrons. The Morgan fingerprint density at radius 3 is 1.78 bits per heavy atom. The van der Waals surface area contributed by atoms with Crippen molar-refractivity contribution in [2.45, 2.75) is 60.2 Å². The minimum absolute atomic E-state index is 0.191. The van der Waals surface area contributed by atoms with Gasteiger partial charge in [0.2, 0.25) is 6.73 Å². The molecule has 0 fully saturated rings. The van der Waals surface area contributed by atoms with Gasteiger partial charge >= 0.3 is 12.3 Å². The molecule has 0 saturated carbocycles. The number of ether oxygens (including phenoxy) is 4. The molecule has 0 radical (unpaired) electrons. The number of carbonyl (C=O) groups excluding carboxylic acids is 2. The molecule has 0 aliphatic carbocycles. The van der Waals surface area contributed by atoms with Gasteiger partial charge in [0.25, 0.3) is 0 Å². The molecule has 0 N–H and O–H groups in total. The summed E-state index contributed by atoms with van der Waals surface area (Å²) >= 11 is 0. The van der Waals surface area contributed by atoms with Crippen molar-refractivity contribution in [1.29, 1.82) is 0 Å². The van der Waals surface area contributed by atoms with Crippen molar-refractivity contribution in [2.75, 3.05) is 33.0 Å². The van der Waals surface area contributed by atoms with E-state index in [2.05, 4.69) is 0 Å². The van der Waals surface area contributed by atoms with Crippen molar-refractivity contribution in [3.8, 4) is 0 Å². The second kappa shape index (κ2) is 11.1. The maximum atomic E-state index is 11.5. The van der Waals surface area contributed by atoms with Crippen LogP contribution in [0.1, 0.15) is 48.0 Å². The SMILES string of the molecule is CC[N+](CC)(CCCOC(=O)OC(C)C)COC(=O)OC(C)C. The van der Waals surface area contributed by atoms with Gasteiger partial charge in [0.1, 0.15) is 6.61 Å². The zero-order valence-electron chi connectivity index (χ0n) is 15.3. The third-order valence-corrected chi connectivity index (χ3v) is 3.46. The Balaban J connectivity index is 4.22. The van der Waals surface area contributed by atoms with Crippen molar-refractivity contribution in [3.05, 3.63) is 0 Å². The van der Waals surface area contributed by atoms with Gasteiger partial charge in [0, 0.05) is 6.42 Å². The van der Waals surface area contributed by atoms with Crippen LogP contribution < -0.4 is 0 Å². The first-order chi connectivity index (χ1) is 10.7. The van der Waals surface area contributed by atoms with E-state index >= 15 is 0 Å². The van der Waals surface area contributed by atoms with Crippen LogP contribution >= 0.6 is 0 Å². The summed E-state index contributed by atoms with van der Waals surface area (Å²) in [4.78, 5) is 22.8. The predicted octanol–water partition coefficient (Wildman–Crippen LogP) is 3.31. The van der Waals surface area contributed by atoms with Crippen LogP contribution in [-0.4, -0.2) is 62.0 Å². The molecule has 0 aromatic heterocycles. The average Bonchev–Trinajstić information content (AvgIpc) is 2.45. The second-order valence-corrected chi connectivity index (χ2v) is 6.01. The third kappa shape index (κ3) is 9.99. The van der Waals surface area contributed by atoms with Crippen LogP contribution in [0.25, 0.3) is 0 Å². The number of rotatable bonds is 10. The highest BCUT2D eigenvalue weighted by molar-refractivity contribution is 5.60. The first-order valence-corrected chi connectivity index (χ1v) is 8.26. The van der Waals surface area contributed by atoms with Gasteiger partial charge in [-0.05, 0) is 41.5 Å². The van der Waals surface area contributed by atoms with E-state index < -0.39 is 12.3 Å². The van der Waals surface area contributed by atoms with E-state index in [0.717, 1.165) is 19.6 Å². The van der Waals surface area contributed by atoms with E-state index in [9.17, 15) is 9.59 Å². The summed E-state index contributed by atoms with van der Waals surface area (Å²) in [6.45, 7) is 14.0. The molecule has 0 aromatic rings. The van der Waals surface area contributed by atoms with Crippen LogP contribution in [0.2, 0.25) is 0 Å². The van der Waals surface area contributed by atoms with Gasteiger partial charge in [-0.3, -0.25) is 4.48 Å². The smallest absolute Gasteiger partial charge is 0.434 e. The van der Waals surface area contributed by atoms with Crippen molar-refractivity contribution < 1.29 is 33.0 Å². The lowest BCUT2D eigenvalue weighted by atomic mass is 10.3. The molecular weight excluding hydrogens is 302 g/mol. The minimum Gasteiger partial charge on any atom is -0.434 e. The first kappa shape index (κ1) is 21.5. The van der Waals surface area contributed by atoms with Crippen molar-refractivity contribution in [3.63, 3.8) is 0 Å². The number of hydrogen-bond donors (Lipinski definition) is 0. The molecule has 0 atom stereocenters. The molecule has 0 aliphatic rings. The van der Waals surface area contributed by atoms with Crippen LogP contribution in [0.5, 0.6) is 0 Å². The van der Waals surface area contributed by atoms with Crippen molar-refractivity contribution >= 4 is 12.3 Å². The average molecular weight is 334 g/mol. The summed E-state index contributed by atoms with van der Waals surface area (Å²) in [6.07, 6.45) is -1.03. The molecule has 23 heavy (non-hydrogen) atoms. The fraction of sp³-hybridized carbons (Fsp3) is 0.875. The third-order valence-electron chi connectivity index (χ3n) is 3.46. The predicted molar refractivity (Wildman–Crippen MR) is 86.0 cm³/mol. The Bertz CT molecular complexity index is 352. The fourth-order valence-corrected chi connectivity index (χ4v) is 1.98. The number of hydrogen-bond acceptors (Lipinski definition) is 6. The highest BCUT2D eigenvalue weighted by Gasteiger charge is 2.25. The van der Waals surface area contributed by atoms with Crippen molar-refractivity contribution in [2.24, 2.45) is 0 Å². The summed E-state index contributed by atoms with van der Waals surface area (Å²) < 4.78 is 20.7. The molecule has 7 heteroatoms. The van der Waals surface area contributed by atoms with E-state index in [-0.39, 0.29) is 25.5 Å². The first-order valence-electron chi connectivity index (χ1n) is 8.26. The Hall–Kier alpha value is -1.50. The van der Waals surface area contributed by atoms with Gasteiger partial charge in [0.15, 0.2) is 0 Å². The molecule has 0 aromatic carbocycles. The fourth-order valence-electron chi connectivity index (χ4n) is 1.98. The van der Waals surface area contributed by atoms with Crippen LogP contribution in [0, 0.1) is 0 Å². The Kier molecular flexibility index (Phi) is 10.4. The van der Waals surface area contributed by atoms with Crippen LogP contribution in [0.4, 0.5) is 9.59 Å². The lowest BCUT2D eigenvalue weighted by Crippen LogP contribution is -2.50. The zero-order chi connectivity index (χ0) is 17.9.